The Bertz CT molecular complexity index is 440. The van der Waals surface area contributed by atoms with Gasteiger partial charge < -0.3 is 5.73 Å². The predicted octanol–water partition coefficient (Wildman–Crippen LogP) is 3.21. The molecule has 0 saturated carbocycles. The van der Waals surface area contributed by atoms with E-state index in [-0.39, 0.29) is 5.41 Å². The lowest BCUT2D eigenvalue weighted by Crippen LogP contribution is -2.23. The quantitative estimate of drug-likeness (QED) is 0.882. The lowest BCUT2D eigenvalue weighted by Gasteiger charge is -2.21. The lowest BCUT2D eigenvalue weighted by molar-refractivity contribution is 0.348. The molecule has 0 aliphatic rings. The third-order valence-electron chi connectivity index (χ3n) is 2.91. The molecule has 3 heteroatoms. The minimum absolute atomic E-state index is 0.220. The van der Waals surface area contributed by atoms with Crippen LogP contribution in [-0.2, 0) is 6.42 Å². The van der Waals surface area contributed by atoms with Gasteiger partial charge in [-0.1, -0.05) is 26.0 Å². The van der Waals surface area contributed by atoms with Crippen molar-refractivity contribution in [2.75, 3.05) is 6.54 Å². The SMILES string of the molecule is CC(C)(CN)CCc1nc2ccccc2s1. The normalized spacial score (nSPS) is 12.2. The first-order valence-electron chi connectivity index (χ1n) is 5.65. The topological polar surface area (TPSA) is 38.9 Å². The Kier molecular flexibility index (Phi) is 3.26. The Hall–Kier alpha value is -0.930. The second-order valence-corrected chi connectivity index (χ2v) is 6.06. The molecule has 0 fully saturated rings. The van der Waals surface area contributed by atoms with Gasteiger partial charge in [0.15, 0.2) is 0 Å². The molecule has 16 heavy (non-hydrogen) atoms. The van der Waals surface area contributed by atoms with E-state index >= 15 is 0 Å². The number of rotatable bonds is 4. The van der Waals surface area contributed by atoms with Crippen LogP contribution in [0.25, 0.3) is 10.2 Å². The molecule has 2 N–H and O–H groups in total. The minimum Gasteiger partial charge on any atom is -0.330 e. The van der Waals surface area contributed by atoms with Crippen molar-refractivity contribution in [1.82, 2.24) is 4.98 Å². The molecule has 86 valence electrons. The van der Waals surface area contributed by atoms with E-state index < -0.39 is 0 Å². The fourth-order valence-corrected chi connectivity index (χ4v) is 2.54. The first-order chi connectivity index (χ1) is 7.61. The number of nitrogens with two attached hydrogens (primary N) is 1. The van der Waals surface area contributed by atoms with Crippen LogP contribution in [0, 0.1) is 5.41 Å². The zero-order chi connectivity index (χ0) is 11.6. The number of hydrogen-bond acceptors (Lipinski definition) is 3. The summed E-state index contributed by atoms with van der Waals surface area (Å²) in [4.78, 5) is 4.63. The van der Waals surface area contributed by atoms with Gasteiger partial charge in [0.25, 0.3) is 0 Å². The van der Waals surface area contributed by atoms with Gasteiger partial charge in [-0.15, -0.1) is 11.3 Å². The highest BCUT2D eigenvalue weighted by atomic mass is 32.1. The minimum atomic E-state index is 0.220. The van der Waals surface area contributed by atoms with Crippen LogP contribution in [0.1, 0.15) is 25.3 Å². The summed E-state index contributed by atoms with van der Waals surface area (Å²) in [5, 5.41) is 1.22. The highest BCUT2D eigenvalue weighted by molar-refractivity contribution is 7.18. The van der Waals surface area contributed by atoms with Crippen LogP contribution < -0.4 is 5.73 Å². The first-order valence-corrected chi connectivity index (χ1v) is 6.47. The number of fused-ring (bicyclic) bond motifs is 1. The second-order valence-electron chi connectivity index (χ2n) is 4.94. The molecule has 0 aliphatic heterocycles. The van der Waals surface area contributed by atoms with Crippen molar-refractivity contribution in [2.24, 2.45) is 11.1 Å². The fraction of sp³-hybridized carbons (Fsp3) is 0.462. The molecular formula is C13H18N2S. The molecule has 2 aromatic rings. The Labute approximate surface area is 101 Å². The van der Waals surface area contributed by atoms with Crippen molar-refractivity contribution in [3.63, 3.8) is 0 Å². The monoisotopic (exact) mass is 234 g/mol. The van der Waals surface area contributed by atoms with Crippen LogP contribution in [0.2, 0.25) is 0 Å². The van der Waals surface area contributed by atoms with E-state index in [4.69, 9.17) is 5.73 Å². The Balaban J connectivity index is 2.10. The van der Waals surface area contributed by atoms with Crippen LogP contribution >= 0.6 is 11.3 Å². The molecule has 1 heterocycles. The maximum atomic E-state index is 5.73. The van der Waals surface area contributed by atoms with Gasteiger partial charge in [-0.2, -0.15) is 0 Å². The smallest absolute Gasteiger partial charge is 0.0938 e. The van der Waals surface area contributed by atoms with E-state index in [0.29, 0.717) is 0 Å². The summed E-state index contributed by atoms with van der Waals surface area (Å²) in [5.41, 5.74) is 7.07. The van der Waals surface area contributed by atoms with Crippen molar-refractivity contribution in [3.05, 3.63) is 29.3 Å². The van der Waals surface area contributed by atoms with E-state index in [2.05, 4.69) is 37.0 Å². The van der Waals surface area contributed by atoms with E-state index in [1.165, 1.54) is 9.71 Å². The van der Waals surface area contributed by atoms with Gasteiger partial charge in [-0.05, 0) is 36.9 Å². The molecule has 1 aromatic heterocycles. The standard InChI is InChI=1S/C13H18N2S/c1-13(2,9-14)8-7-12-15-10-5-3-4-6-11(10)16-12/h3-6H,7-9,14H2,1-2H3. The predicted molar refractivity (Wildman–Crippen MR) is 70.8 cm³/mol. The first kappa shape index (κ1) is 11.6. The molecule has 0 atom stereocenters. The summed E-state index contributed by atoms with van der Waals surface area (Å²) in [7, 11) is 0. The van der Waals surface area contributed by atoms with Crippen molar-refractivity contribution >= 4 is 21.6 Å². The number of aryl methyl sites for hydroxylation is 1. The van der Waals surface area contributed by atoms with Gasteiger partial charge in [0, 0.05) is 0 Å². The van der Waals surface area contributed by atoms with Gasteiger partial charge in [0.1, 0.15) is 0 Å². The summed E-state index contributed by atoms with van der Waals surface area (Å²) < 4.78 is 1.28. The van der Waals surface area contributed by atoms with Gasteiger partial charge in [-0.25, -0.2) is 4.98 Å². The van der Waals surface area contributed by atoms with Crippen molar-refractivity contribution < 1.29 is 0 Å². The Morgan fingerprint density at radius 1 is 1.31 bits per heavy atom. The number of benzene rings is 1. The molecule has 2 rings (SSSR count). The van der Waals surface area contributed by atoms with Crippen molar-refractivity contribution in [1.29, 1.82) is 0 Å². The second kappa shape index (κ2) is 4.52. The summed E-state index contributed by atoms with van der Waals surface area (Å²) in [6.07, 6.45) is 2.13. The average Bonchev–Trinajstić information content (AvgIpc) is 2.69. The highest BCUT2D eigenvalue weighted by Crippen LogP contribution is 2.26. The number of para-hydroxylation sites is 1. The molecule has 0 amide bonds. The summed E-state index contributed by atoms with van der Waals surface area (Å²) >= 11 is 1.80. The third kappa shape index (κ3) is 2.60. The zero-order valence-corrected chi connectivity index (χ0v) is 10.7. The van der Waals surface area contributed by atoms with Gasteiger partial charge in [0.2, 0.25) is 0 Å². The van der Waals surface area contributed by atoms with Crippen LogP contribution in [0.5, 0.6) is 0 Å². The van der Waals surface area contributed by atoms with Gasteiger partial charge in [0.05, 0.1) is 15.2 Å². The number of nitrogens with zero attached hydrogens (tertiary/aromatic N) is 1. The third-order valence-corrected chi connectivity index (χ3v) is 4.00. The average molecular weight is 234 g/mol. The molecule has 0 bridgehead atoms. The molecule has 0 radical (unpaired) electrons. The molecule has 0 unspecified atom stereocenters. The molecule has 0 spiro atoms. The van der Waals surface area contributed by atoms with Crippen LogP contribution in [0.15, 0.2) is 24.3 Å². The Morgan fingerprint density at radius 2 is 2.06 bits per heavy atom. The highest BCUT2D eigenvalue weighted by Gasteiger charge is 2.16. The Morgan fingerprint density at radius 3 is 2.75 bits per heavy atom. The number of aromatic nitrogens is 1. The van der Waals surface area contributed by atoms with Crippen LogP contribution in [-0.4, -0.2) is 11.5 Å². The van der Waals surface area contributed by atoms with E-state index in [1.807, 2.05) is 6.07 Å². The van der Waals surface area contributed by atoms with Crippen LogP contribution in [0.3, 0.4) is 0 Å². The maximum Gasteiger partial charge on any atom is 0.0938 e. The van der Waals surface area contributed by atoms with Crippen molar-refractivity contribution in [2.45, 2.75) is 26.7 Å². The van der Waals surface area contributed by atoms with Gasteiger partial charge >= 0.3 is 0 Å². The summed E-state index contributed by atoms with van der Waals surface area (Å²) in [6.45, 7) is 5.15. The van der Waals surface area contributed by atoms with E-state index in [0.717, 1.165) is 24.9 Å². The fourth-order valence-electron chi connectivity index (χ4n) is 1.57. The lowest BCUT2D eigenvalue weighted by atomic mass is 9.88. The van der Waals surface area contributed by atoms with E-state index in [9.17, 15) is 0 Å². The largest absolute Gasteiger partial charge is 0.330 e. The molecular weight excluding hydrogens is 216 g/mol. The van der Waals surface area contributed by atoms with Crippen LogP contribution in [0.4, 0.5) is 0 Å². The van der Waals surface area contributed by atoms with Gasteiger partial charge in [-0.3, -0.25) is 0 Å². The number of thiazole rings is 1. The van der Waals surface area contributed by atoms with E-state index in [1.54, 1.807) is 11.3 Å². The number of hydrogen-bond donors (Lipinski definition) is 1. The summed E-state index contributed by atoms with van der Waals surface area (Å²) in [5.74, 6) is 0. The zero-order valence-electron chi connectivity index (χ0n) is 9.86. The molecule has 1 aromatic carbocycles. The molecule has 0 aliphatic carbocycles. The summed E-state index contributed by atoms with van der Waals surface area (Å²) in [6, 6.07) is 8.30. The molecule has 0 saturated heterocycles. The molecule has 2 nitrogen and oxygen atoms in total. The van der Waals surface area contributed by atoms with Crippen molar-refractivity contribution in [3.8, 4) is 0 Å². The maximum absolute atomic E-state index is 5.73.